The van der Waals surface area contributed by atoms with Crippen LogP contribution < -0.4 is 0 Å². The number of piperidine rings is 1. The third kappa shape index (κ3) is 3.80. The van der Waals surface area contributed by atoms with Gasteiger partial charge in [0.25, 0.3) is 0 Å². The van der Waals surface area contributed by atoms with E-state index in [4.69, 9.17) is 0 Å². The Bertz CT molecular complexity index is 505. The predicted octanol–water partition coefficient (Wildman–Crippen LogP) is 2.68. The van der Waals surface area contributed by atoms with Crippen LogP contribution in [0.1, 0.15) is 37.7 Å². The minimum absolute atomic E-state index is 0.414. The predicted molar refractivity (Wildman–Crippen MR) is 78.3 cm³/mol. The average molecular weight is 281 g/mol. The summed E-state index contributed by atoms with van der Waals surface area (Å²) in [5.74, 6) is 0.550. The van der Waals surface area contributed by atoms with Crippen LogP contribution in [0.15, 0.2) is 29.2 Å². The van der Waals surface area contributed by atoms with Crippen LogP contribution in [0.2, 0.25) is 0 Å². The Morgan fingerprint density at radius 1 is 1.26 bits per heavy atom. The quantitative estimate of drug-likeness (QED) is 0.851. The fraction of sp³-hybridized carbons (Fsp3) is 0.600. The van der Waals surface area contributed by atoms with Crippen molar-refractivity contribution in [2.24, 2.45) is 0 Å². The molecule has 1 aromatic rings. The van der Waals surface area contributed by atoms with Gasteiger partial charge in [-0.05, 0) is 56.0 Å². The minimum Gasteiger partial charge on any atom is -0.303 e. The van der Waals surface area contributed by atoms with E-state index in [1.807, 2.05) is 12.1 Å². The molecular weight excluding hydrogens is 258 g/mol. The molecule has 0 bridgehead atoms. The Hall–Kier alpha value is -0.870. The Morgan fingerprint density at radius 2 is 1.95 bits per heavy atom. The van der Waals surface area contributed by atoms with Crippen molar-refractivity contribution in [3.63, 3.8) is 0 Å². The highest BCUT2D eigenvalue weighted by Crippen LogP contribution is 2.27. The third-order valence-corrected chi connectivity index (χ3v) is 4.95. The second kappa shape index (κ2) is 6.06. The van der Waals surface area contributed by atoms with E-state index in [1.165, 1.54) is 37.6 Å². The lowest BCUT2D eigenvalue weighted by atomic mass is 9.90. The summed E-state index contributed by atoms with van der Waals surface area (Å²) in [6.07, 6.45) is 4.89. The lowest BCUT2D eigenvalue weighted by molar-refractivity contribution is 0.208. The van der Waals surface area contributed by atoms with E-state index in [-0.39, 0.29) is 0 Å². The molecule has 3 nitrogen and oxygen atoms in total. The molecule has 0 amide bonds. The topological polar surface area (TPSA) is 37.4 Å². The highest BCUT2D eigenvalue weighted by molar-refractivity contribution is 7.90. The van der Waals surface area contributed by atoms with Gasteiger partial charge >= 0.3 is 0 Å². The standard InChI is InChI=1S/C15H23NO2S/c1-3-10-16-11-4-5-14(12-16)13-6-8-15(9-7-13)19(2,17)18/h6-9,14H,3-5,10-12H2,1-2H3/t14-/m1/s1. The first-order valence-corrected chi connectivity index (χ1v) is 8.92. The molecule has 1 fully saturated rings. The van der Waals surface area contributed by atoms with Crippen molar-refractivity contribution in [2.75, 3.05) is 25.9 Å². The summed E-state index contributed by atoms with van der Waals surface area (Å²) in [5, 5.41) is 0. The van der Waals surface area contributed by atoms with Crippen LogP contribution in [0, 0.1) is 0 Å². The van der Waals surface area contributed by atoms with E-state index in [0.717, 1.165) is 13.1 Å². The highest BCUT2D eigenvalue weighted by Gasteiger charge is 2.20. The Balaban J connectivity index is 2.09. The van der Waals surface area contributed by atoms with Gasteiger partial charge in [-0.1, -0.05) is 19.1 Å². The fourth-order valence-corrected chi connectivity index (χ4v) is 3.46. The zero-order valence-electron chi connectivity index (χ0n) is 11.8. The fourth-order valence-electron chi connectivity index (χ4n) is 2.83. The third-order valence-electron chi connectivity index (χ3n) is 3.83. The summed E-state index contributed by atoms with van der Waals surface area (Å²) in [6.45, 7) is 5.68. The zero-order valence-corrected chi connectivity index (χ0v) is 12.6. The van der Waals surface area contributed by atoms with Crippen molar-refractivity contribution in [3.8, 4) is 0 Å². The summed E-state index contributed by atoms with van der Waals surface area (Å²) in [6, 6.07) is 7.44. The van der Waals surface area contributed by atoms with E-state index in [0.29, 0.717) is 10.8 Å². The van der Waals surface area contributed by atoms with Crippen molar-refractivity contribution in [3.05, 3.63) is 29.8 Å². The second-order valence-electron chi connectivity index (χ2n) is 5.48. The van der Waals surface area contributed by atoms with Gasteiger partial charge in [0.05, 0.1) is 4.90 Å². The summed E-state index contributed by atoms with van der Waals surface area (Å²) in [4.78, 5) is 2.93. The molecule has 0 N–H and O–H groups in total. The number of nitrogens with zero attached hydrogens (tertiary/aromatic N) is 1. The van der Waals surface area contributed by atoms with Crippen LogP contribution in [0.5, 0.6) is 0 Å². The normalized spacial score (nSPS) is 21.5. The molecule has 0 radical (unpaired) electrons. The van der Waals surface area contributed by atoms with Crippen LogP contribution >= 0.6 is 0 Å². The zero-order chi connectivity index (χ0) is 13.9. The molecule has 4 heteroatoms. The number of benzene rings is 1. The first kappa shape index (κ1) is 14.5. The summed E-state index contributed by atoms with van der Waals surface area (Å²) in [7, 11) is -3.08. The van der Waals surface area contributed by atoms with Gasteiger partial charge in [0.2, 0.25) is 0 Å². The maximum atomic E-state index is 11.4. The lowest BCUT2D eigenvalue weighted by Crippen LogP contribution is -2.34. The highest BCUT2D eigenvalue weighted by atomic mass is 32.2. The number of sulfone groups is 1. The van der Waals surface area contributed by atoms with Gasteiger partial charge in [-0.25, -0.2) is 8.42 Å². The van der Waals surface area contributed by atoms with Gasteiger partial charge in [0, 0.05) is 12.8 Å². The molecule has 2 rings (SSSR count). The van der Waals surface area contributed by atoms with Crippen molar-refractivity contribution in [1.29, 1.82) is 0 Å². The minimum atomic E-state index is -3.08. The summed E-state index contributed by atoms with van der Waals surface area (Å²) >= 11 is 0. The number of likely N-dealkylation sites (tertiary alicyclic amines) is 1. The van der Waals surface area contributed by atoms with Crippen LogP contribution in [0.3, 0.4) is 0 Å². The molecule has 0 saturated carbocycles. The first-order chi connectivity index (χ1) is 9.00. The summed E-state index contributed by atoms with van der Waals surface area (Å²) < 4.78 is 22.9. The molecule has 1 atom stereocenters. The Kier molecular flexibility index (Phi) is 4.63. The first-order valence-electron chi connectivity index (χ1n) is 7.03. The van der Waals surface area contributed by atoms with Crippen LogP contribution in [-0.4, -0.2) is 39.2 Å². The molecule has 0 aliphatic carbocycles. The molecule has 1 saturated heterocycles. The Morgan fingerprint density at radius 3 is 2.53 bits per heavy atom. The monoisotopic (exact) mass is 281 g/mol. The SMILES string of the molecule is CCCN1CCC[C@@H](c2ccc(S(C)(=O)=O)cc2)C1. The van der Waals surface area contributed by atoms with E-state index < -0.39 is 9.84 Å². The molecular formula is C15H23NO2S. The van der Waals surface area contributed by atoms with Gasteiger partial charge in [-0.2, -0.15) is 0 Å². The number of hydrogen-bond donors (Lipinski definition) is 0. The Labute approximate surface area is 116 Å². The average Bonchev–Trinajstić information content (AvgIpc) is 2.39. The summed E-state index contributed by atoms with van der Waals surface area (Å²) in [5.41, 5.74) is 1.27. The molecule has 1 heterocycles. The van der Waals surface area contributed by atoms with Crippen molar-refractivity contribution >= 4 is 9.84 Å². The molecule has 1 aromatic carbocycles. The van der Waals surface area contributed by atoms with Gasteiger partial charge in [-0.3, -0.25) is 0 Å². The number of hydrogen-bond acceptors (Lipinski definition) is 3. The van der Waals surface area contributed by atoms with Crippen LogP contribution in [-0.2, 0) is 9.84 Å². The maximum absolute atomic E-state index is 11.4. The molecule has 1 aliphatic rings. The van der Waals surface area contributed by atoms with Crippen molar-refractivity contribution in [1.82, 2.24) is 4.90 Å². The van der Waals surface area contributed by atoms with Gasteiger partial charge < -0.3 is 4.90 Å². The maximum Gasteiger partial charge on any atom is 0.175 e. The van der Waals surface area contributed by atoms with Crippen LogP contribution in [0.4, 0.5) is 0 Å². The van der Waals surface area contributed by atoms with Crippen molar-refractivity contribution in [2.45, 2.75) is 37.0 Å². The van der Waals surface area contributed by atoms with Gasteiger partial charge in [-0.15, -0.1) is 0 Å². The molecule has 0 spiro atoms. The van der Waals surface area contributed by atoms with E-state index in [9.17, 15) is 8.42 Å². The number of rotatable bonds is 4. The molecule has 106 valence electrons. The smallest absolute Gasteiger partial charge is 0.175 e. The molecule has 0 unspecified atom stereocenters. The molecule has 19 heavy (non-hydrogen) atoms. The lowest BCUT2D eigenvalue weighted by Gasteiger charge is -2.32. The van der Waals surface area contributed by atoms with Gasteiger partial charge in [0.15, 0.2) is 9.84 Å². The van der Waals surface area contributed by atoms with Crippen LogP contribution in [0.25, 0.3) is 0 Å². The second-order valence-corrected chi connectivity index (χ2v) is 7.50. The molecule has 0 aromatic heterocycles. The largest absolute Gasteiger partial charge is 0.303 e. The van der Waals surface area contributed by atoms with E-state index in [2.05, 4.69) is 11.8 Å². The van der Waals surface area contributed by atoms with E-state index in [1.54, 1.807) is 12.1 Å². The van der Waals surface area contributed by atoms with Crippen molar-refractivity contribution < 1.29 is 8.42 Å². The van der Waals surface area contributed by atoms with E-state index >= 15 is 0 Å². The molecule has 1 aliphatic heterocycles. The van der Waals surface area contributed by atoms with Gasteiger partial charge in [0.1, 0.15) is 0 Å².